The van der Waals surface area contributed by atoms with Gasteiger partial charge in [0.05, 0.1) is 0 Å². The van der Waals surface area contributed by atoms with Crippen molar-refractivity contribution in [2.45, 2.75) is 47.5 Å². The molecule has 0 aliphatic heterocycles. The van der Waals surface area contributed by atoms with Gasteiger partial charge in [-0.25, -0.2) is 4.79 Å². The van der Waals surface area contributed by atoms with E-state index in [0.29, 0.717) is 17.1 Å². The molecule has 0 aliphatic carbocycles. The molecule has 0 saturated heterocycles. The molecular weight excluding hydrogens is 318 g/mol. The maximum absolute atomic E-state index is 12.2. The fourth-order valence-corrected chi connectivity index (χ4v) is 2.88. The van der Waals surface area contributed by atoms with Crippen molar-refractivity contribution in [2.24, 2.45) is 0 Å². The van der Waals surface area contributed by atoms with Crippen molar-refractivity contribution in [2.75, 3.05) is 11.9 Å². The molecule has 0 saturated carbocycles. The molecule has 134 valence electrons. The van der Waals surface area contributed by atoms with Gasteiger partial charge in [-0.2, -0.15) is 0 Å². The number of amides is 1. The predicted molar refractivity (Wildman–Crippen MR) is 97.0 cm³/mol. The van der Waals surface area contributed by atoms with Crippen molar-refractivity contribution in [3.05, 3.63) is 52.0 Å². The third-order valence-electron chi connectivity index (χ3n) is 4.36. The van der Waals surface area contributed by atoms with Crippen LogP contribution < -0.4 is 5.32 Å². The van der Waals surface area contributed by atoms with E-state index in [9.17, 15) is 9.59 Å². The fraction of sp³-hybridized carbons (Fsp3) is 0.400. The minimum atomic E-state index is -0.540. The monoisotopic (exact) mass is 343 g/mol. The normalized spacial score (nSPS) is 10.6. The number of furan rings is 1. The van der Waals surface area contributed by atoms with E-state index in [0.717, 1.165) is 35.2 Å². The highest BCUT2D eigenvalue weighted by Gasteiger charge is 2.21. The first-order valence-corrected chi connectivity index (χ1v) is 8.53. The maximum Gasteiger partial charge on any atom is 0.342 e. The summed E-state index contributed by atoms with van der Waals surface area (Å²) in [5.74, 6) is 0.296. The van der Waals surface area contributed by atoms with Gasteiger partial charge in [-0.1, -0.05) is 32.0 Å². The van der Waals surface area contributed by atoms with Gasteiger partial charge in [0, 0.05) is 11.3 Å². The van der Waals surface area contributed by atoms with Crippen molar-refractivity contribution < 1.29 is 18.7 Å². The lowest BCUT2D eigenvalue weighted by Crippen LogP contribution is -2.22. The third-order valence-corrected chi connectivity index (χ3v) is 4.36. The van der Waals surface area contributed by atoms with Crippen LogP contribution in [-0.4, -0.2) is 18.5 Å². The molecule has 0 bridgehead atoms. The SMILES string of the molecule is CCc1cccc(CC)c1NC(=O)COC(=O)c1c(C)oc(C)c1C. The lowest BCUT2D eigenvalue weighted by atomic mass is 10.0. The molecule has 1 aromatic carbocycles. The van der Waals surface area contributed by atoms with E-state index >= 15 is 0 Å². The van der Waals surface area contributed by atoms with Crippen molar-refractivity contribution >= 4 is 17.6 Å². The van der Waals surface area contributed by atoms with E-state index in [1.165, 1.54) is 0 Å². The quantitative estimate of drug-likeness (QED) is 0.801. The molecule has 5 nitrogen and oxygen atoms in total. The summed E-state index contributed by atoms with van der Waals surface area (Å²) in [6.45, 7) is 9.05. The van der Waals surface area contributed by atoms with E-state index in [2.05, 4.69) is 5.32 Å². The molecular formula is C20H25NO4. The van der Waals surface area contributed by atoms with E-state index in [1.807, 2.05) is 32.0 Å². The summed E-state index contributed by atoms with van der Waals surface area (Å²) in [5, 5.41) is 2.88. The maximum atomic E-state index is 12.2. The van der Waals surface area contributed by atoms with Crippen molar-refractivity contribution in [1.82, 2.24) is 0 Å². The van der Waals surface area contributed by atoms with Crippen LogP contribution in [0.5, 0.6) is 0 Å². The minimum absolute atomic E-state index is 0.330. The van der Waals surface area contributed by atoms with Crippen LogP contribution in [-0.2, 0) is 22.4 Å². The van der Waals surface area contributed by atoms with Crippen LogP contribution in [0.3, 0.4) is 0 Å². The lowest BCUT2D eigenvalue weighted by molar-refractivity contribution is -0.119. The number of para-hydroxylation sites is 1. The fourth-order valence-electron chi connectivity index (χ4n) is 2.88. The van der Waals surface area contributed by atoms with Crippen LogP contribution in [0.2, 0.25) is 0 Å². The molecule has 1 N–H and O–H groups in total. The van der Waals surface area contributed by atoms with Crippen LogP contribution in [0.4, 0.5) is 5.69 Å². The Hall–Kier alpha value is -2.56. The minimum Gasteiger partial charge on any atom is -0.465 e. The number of esters is 1. The Kier molecular flexibility index (Phi) is 6.02. The number of hydrogen-bond donors (Lipinski definition) is 1. The molecule has 25 heavy (non-hydrogen) atoms. The Bertz CT molecular complexity index is 767. The van der Waals surface area contributed by atoms with Crippen molar-refractivity contribution in [3.63, 3.8) is 0 Å². The molecule has 1 aromatic heterocycles. The second kappa shape index (κ2) is 8.01. The predicted octanol–water partition coefficient (Wildman–Crippen LogP) is 4.13. The van der Waals surface area contributed by atoms with E-state index in [-0.39, 0.29) is 12.5 Å². The molecule has 2 rings (SSSR count). The average molecular weight is 343 g/mol. The molecule has 0 unspecified atom stereocenters. The van der Waals surface area contributed by atoms with Gasteiger partial charge < -0.3 is 14.5 Å². The highest BCUT2D eigenvalue weighted by molar-refractivity contribution is 5.97. The Morgan fingerprint density at radius 3 is 2.12 bits per heavy atom. The van der Waals surface area contributed by atoms with Gasteiger partial charge in [0.2, 0.25) is 0 Å². The number of nitrogens with one attached hydrogen (secondary N) is 1. The molecule has 5 heteroatoms. The zero-order valence-corrected chi connectivity index (χ0v) is 15.5. The van der Waals surface area contributed by atoms with Gasteiger partial charge in [0.1, 0.15) is 17.1 Å². The largest absolute Gasteiger partial charge is 0.465 e. The second-order valence-corrected chi connectivity index (χ2v) is 6.00. The second-order valence-electron chi connectivity index (χ2n) is 6.00. The summed E-state index contributed by atoms with van der Waals surface area (Å²) in [6.07, 6.45) is 1.63. The van der Waals surface area contributed by atoms with Gasteiger partial charge in [-0.05, 0) is 44.7 Å². The molecule has 0 fully saturated rings. The molecule has 0 atom stereocenters. The Balaban J connectivity index is 2.05. The smallest absolute Gasteiger partial charge is 0.342 e. The Morgan fingerprint density at radius 1 is 1.04 bits per heavy atom. The van der Waals surface area contributed by atoms with E-state index < -0.39 is 5.97 Å². The summed E-state index contributed by atoms with van der Waals surface area (Å²) >= 11 is 0. The highest BCUT2D eigenvalue weighted by atomic mass is 16.5. The van der Waals surface area contributed by atoms with E-state index in [4.69, 9.17) is 9.15 Å². The number of ether oxygens (including phenoxy) is 1. The summed E-state index contributed by atoms with van der Waals surface area (Å²) in [7, 11) is 0. The van der Waals surface area contributed by atoms with Gasteiger partial charge in [-0.15, -0.1) is 0 Å². The summed E-state index contributed by atoms with van der Waals surface area (Å²) in [5.41, 5.74) is 4.09. The average Bonchev–Trinajstić information content (AvgIpc) is 2.85. The zero-order valence-electron chi connectivity index (χ0n) is 15.5. The number of hydrogen-bond acceptors (Lipinski definition) is 4. The van der Waals surface area contributed by atoms with Crippen molar-refractivity contribution in [1.29, 1.82) is 0 Å². The van der Waals surface area contributed by atoms with Gasteiger partial charge in [0.15, 0.2) is 6.61 Å². The van der Waals surface area contributed by atoms with Gasteiger partial charge in [0.25, 0.3) is 5.91 Å². The van der Waals surface area contributed by atoms with Crippen LogP contribution in [0.25, 0.3) is 0 Å². The summed E-state index contributed by atoms with van der Waals surface area (Å²) in [6, 6.07) is 5.96. The molecule has 0 radical (unpaired) electrons. The molecule has 1 heterocycles. The number of rotatable bonds is 6. The van der Waals surface area contributed by atoms with Crippen molar-refractivity contribution in [3.8, 4) is 0 Å². The number of aryl methyl sites for hydroxylation is 4. The third kappa shape index (κ3) is 4.10. The Labute approximate surface area is 148 Å². The van der Waals surface area contributed by atoms with Crippen LogP contribution in [0.15, 0.2) is 22.6 Å². The molecule has 0 spiro atoms. The number of carbonyl (C=O) groups is 2. The number of benzene rings is 1. The molecule has 0 aliphatic rings. The standard InChI is InChI=1S/C20H25NO4/c1-6-15-9-8-10-16(7-2)19(15)21-17(22)11-24-20(23)18-12(3)13(4)25-14(18)5/h8-10H,6-7,11H2,1-5H3,(H,21,22). The van der Waals surface area contributed by atoms with E-state index in [1.54, 1.807) is 20.8 Å². The number of anilines is 1. The van der Waals surface area contributed by atoms with Crippen LogP contribution in [0.1, 0.15) is 52.4 Å². The first kappa shape index (κ1) is 18.8. The van der Waals surface area contributed by atoms with Crippen LogP contribution >= 0.6 is 0 Å². The lowest BCUT2D eigenvalue weighted by Gasteiger charge is -2.14. The zero-order chi connectivity index (χ0) is 18.6. The first-order chi connectivity index (χ1) is 11.9. The highest BCUT2D eigenvalue weighted by Crippen LogP contribution is 2.23. The van der Waals surface area contributed by atoms with Gasteiger partial charge >= 0.3 is 5.97 Å². The topological polar surface area (TPSA) is 68.5 Å². The van der Waals surface area contributed by atoms with Crippen LogP contribution in [0, 0.1) is 20.8 Å². The molecule has 2 aromatic rings. The molecule has 1 amide bonds. The van der Waals surface area contributed by atoms with Gasteiger partial charge in [-0.3, -0.25) is 4.79 Å². The first-order valence-electron chi connectivity index (χ1n) is 8.53. The Morgan fingerprint density at radius 2 is 1.64 bits per heavy atom. The number of carbonyl (C=O) groups excluding carboxylic acids is 2. The summed E-state index contributed by atoms with van der Waals surface area (Å²) < 4.78 is 10.6. The summed E-state index contributed by atoms with van der Waals surface area (Å²) in [4.78, 5) is 24.5.